The molecule has 3 rings (SSSR count). The highest BCUT2D eigenvalue weighted by atomic mass is 32.2. The van der Waals surface area contributed by atoms with Crippen LogP contribution in [0.5, 0.6) is 0 Å². The Kier molecular flexibility index (Phi) is 5.32. The topological polar surface area (TPSA) is 58.2 Å². The third kappa shape index (κ3) is 4.41. The molecular weight excluding hydrogens is 365 g/mol. The van der Waals surface area contributed by atoms with Crippen molar-refractivity contribution in [2.24, 2.45) is 5.92 Å². The number of fused-ring (bicyclic) bond motifs is 1. The van der Waals surface area contributed by atoms with Crippen LogP contribution < -0.4 is 10.6 Å². The molecule has 26 heavy (non-hydrogen) atoms. The summed E-state index contributed by atoms with van der Waals surface area (Å²) >= 11 is 0.996. The van der Waals surface area contributed by atoms with Crippen molar-refractivity contribution in [1.82, 2.24) is 5.32 Å². The largest absolute Gasteiger partial charge is 0.416 e. The number of hydrogen-bond donors (Lipinski definition) is 2. The van der Waals surface area contributed by atoms with Crippen molar-refractivity contribution in [3.05, 3.63) is 34.7 Å². The molecule has 0 bridgehead atoms. The van der Waals surface area contributed by atoms with Crippen molar-refractivity contribution in [3.63, 3.8) is 0 Å². The van der Waals surface area contributed by atoms with Crippen LogP contribution in [0.4, 0.5) is 18.9 Å². The van der Waals surface area contributed by atoms with Gasteiger partial charge in [0.15, 0.2) is 0 Å². The number of carbonyl (C=O) groups is 2. The number of nitrogens with one attached hydrogen (secondary N) is 2. The minimum Gasteiger partial charge on any atom is -0.350 e. The Morgan fingerprint density at radius 1 is 1.27 bits per heavy atom. The zero-order valence-corrected chi connectivity index (χ0v) is 15.0. The summed E-state index contributed by atoms with van der Waals surface area (Å²) in [5.74, 6) is -0.258. The zero-order chi connectivity index (χ0) is 18.9. The number of alkyl halides is 3. The van der Waals surface area contributed by atoms with Gasteiger partial charge in [-0.15, -0.1) is 0 Å². The second kappa shape index (κ2) is 7.34. The molecule has 0 saturated heterocycles. The maximum Gasteiger partial charge on any atom is 0.416 e. The number of halogens is 3. The van der Waals surface area contributed by atoms with Crippen LogP contribution in [0.1, 0.15) is 38.2 Å². The fourth-order valence-electron chi connectivity index (χ4n) is 3.10. The number of benzene rings is 1. The molecule has 1 aromatic rings. The predicted octanol–water partition coefficient (Wildman–Crippen LogP) is 4.33. The Balaban J connectivity index is 1.69. The smallest absolute Gasteiger partial charge is 0.350 e. The molecule has 1 fully saturated rings. The van der Waals surface area contributed by atoms with Crippen LogP contribution >= 0.6 is 11.8 Å². The third-order valence-corrected chi connectivity index (χ3v) is 5.72. The molecule has 140 valence electrons. The van der Waals surface area contributed by atoms with E-state index in [9.17, 15) is 22.8 Å². The first kappa shape index (κ1) is 18.8. The van der Waals surface area contributed by atoms with Gasteiger partial charge < -0.3 is 10.6 Å². The molecule has 1 heterocycles. The molecule has 1 aliphatic heterocycles. The lowest BCUT2D eigenvalue weighted by molar-refractivity contribution is -0.137. The van der Waals surface area contributed by atoms with Gasteiger partial charge in [0.25, 0.3) is 5.91 Å². The summed E-state index contributed by atoms with van der Waals surface area (Å²) in [5, 5.41) is 5.33. The summed E-state index contributed by atoms with van der Waals surface area (Å²) < 4.78 is 38.3. The van der Waals surface area contributed by atoms with Crippen LogP contribution in [0, 0.1) is 5.92 Å². The van der Waals surface area contributed by atoms with Gasteiger partial charge in [-0.05, 0) is 49.8 Å². The number of thioether (sulfide) groups is 1. The molecule has 8 heteroatoms. The molecule has 1 aliphatic carbocycles. The van der Waals surface area contributed by atoms with Crippen LogP contribution in [-0.2, 0) is 15.8 Å². The first-order valence-corrected chi connectivity index (χ1v) is 9.26. The van der Waals surface area contributed by atoms with Crippen molar-refractivity contribution in [2.75, 3.05) is 5.32 Å². The molecule has 0 unspecified atom stereocenters. The molecule has 2 aliphatic rings. The standard InChI is InChI=1S/C18H19F3N2O2S/c1-10-2-5-12(6-3-10)22-16(24)9-15-17(25)23-13-8-11(18(19,20)21)4-7-14(13)26-15/h4,7-10,12H,2-3,5-6H2,1H3,(H,22,24)(H,23,25)/b15-9+. The van der Waals surface area contributed by atoms with Gasteiger partial charge in [0, 0.05) is 17.0 Å². The first-order chi connectivity index (χ1) is 12.2. The maximum atomic E-state index is 12.8. The minimum absolute atomic E-state index is 0.105. The maximum absolute atomic E-state index is 12.8. The normalized spacial score (nSPS) is 24.8. The molecule has 0 atom stereocenters. The number of amides is 2. The number of carbonyl (C=O) groups excluding carboxylic acids is 2. The van der Waals surface area contributed by atoms with Gasteiger partial charge in [-0.3, -0.25) is 9.59 Å². The first-order valence-electron chi connectivity index (χ1n) is 8.45. The number of anilines is 1. The SMILES string of the molecule is CC1CCC(NC(=O)/C=C2/Sc3ccc(C(F)(F)F)cc3NC2=O)CC1. The predicted molar refractivity (Wildman–Crippen MR) is 93.6 cm³/mol. The van der Waals surface area contributed by atoms with Gasteiger partial charge in [-0.25, -0.2) is 0 Å². The fraction of sp³-hybridized carbons (Fsp3) is 0.444. The van der Waals surface area contributed by atoms with Crippen molar-refractivity contribution in [2.45, 2.75) is 49.7 Å². The van der Waals surface area contributed by atoms with Crippen LogP contribution in [-0.4, -0.2) is 17.9 Å². The van der Waals surface area contributed by atoms with Crippen LogP contribution in [0.3, 0.4) is 0 Å². The molecule has 1 saturated carbocycles. The van der Waals surface area contributed by atoms with Gasteiger partial charge in [0.1, 0.15) is 0 Å². The van der Waals surface area contributed by atoms with E-state index in [1.807, 2.05) is 0 Å². The average molecular weight is 384 g/mol. The second-order valence-electron chi connectivity index (χ2n) is 6.74. The highest BCUT2D eigenvalue weighted by Gasteiger charge is 2.32. The van der Waals surface area contributed by atoms with Crippen molar-refractivity contribution in [1.29, 1.82) is 0 Å². The van der Waals surface area contributed by atoms with E-state index in [1.54, 1.807) is 0 Å². The second-order valence-corrected chi connectivity index (χ2v) is 7.82. The van der Waals surface area contributed by atoms with Crippen LogP contribution in [0.2, 0.25) is 0 Å². The van der Waals surface area contributed by atoms with E-state index < -0.39 is 17.6 Å². The number of hydrogen-bond acceptors (Lipinski definition) is 3. The van der Waals surface area contributed by atoms with E-state index in [2.05, 4.69) is 17.6 Å². The van der Waals surface area contributed by atoms with E-state index in [0.29, 0.717) is 10.8 Å². The van der Waals surface area contributed by atoms with Crippen LogP contribution in [0.25, 0.3) is 0 Å². The van der Waals surface area contributed by atoms with Gasteiger partial charge in [-0.1, -0.05) is 18.7 Å². The lowest BCUT2D eigenvalue weighted by atomic mass is 9.87. The lowest BCUT2D eigenvalue weighted by Crippen LogP contribution is -2.36. The zero-order valence-electron chi connectivity index (χ0n) is 14.2. The summed E-state index contributed by atoms with van der Waals surface area (Å²) in [6, 6.07) is 3.27. The fourth-order valence-corrected chi connectivity index (χ4v) is 4.01. The molecule has 0 spiro atoms. The van der Waals surface area contributed by atoms with Gasteiger partial charge >= 0.3 is 6.18 Å². The Labute approximate surface area is 153 Å². The minimum atomic E-state index is -4.47. The van der Waals surface area contributed by atoms with Crippen molar-refractivity contribution in [3.8, 4) is 0 Å². The summed E-state index contributed by atoms with van der Waals surface area (Å²) in [7, 11) is 0. The van der Waals surface area contributed by atoms with E-state index in [0.717, 1.165) is 49.6 Å². The van der Waals surface area contributed by atoms with Crippen molar-refractivity contribution < 1.29 is 22.8 Å². The molecule has 4 nitrogen and oxygen atoms in total. The molecule has 2 N–H and O–H groups in total. The number of rotatable bonds is 2. The van der Waals surface area contributed by atoms with Crippen molar-refractivity contribution >= 4 is 29.3 Å². The summed E-state index contributed by atoms with van der Waals surface area (Å²) in [6.07, 6.45) is 0.699. The Hall–Kier alpha value is -1.96. The quantitative estimate of drug-likeness (QED) is 0.747. The van der Waals surface area contributed by atoms with E-state index >= 15 is 0 Å². The van der Waals surface area contributed by atoms with Gasteiger partial charge in [0.05, 0.1) is 16.2 Å². The van der Waals surface area contributed by atoms with Crippen LogP contribution in [0.15, 0.2) is 34.1 Å². The third-order valence-electron chi connectivity index (χ3n) is 4.62. The Bertz CT molecular complexity index is 753. The monoisotopic (exact) mass is 384 g/mol. The summed E-state index contributed by atoms with van der Waals surface area (Å²) in [4.78, 5) is 24.9. The summed E-state index contributed by atoms with van der Waals surface area (Å²) in [6.45, 7) is 2.19. The molecule has 0 aromatic heterocycles. The van der Waals surface area contributed by atoms with Gasteiger partial charge in [0.2, 0.25) is 5.91 Å². The molecular formula is C18H19F3N2O2S. The van der Waals surface area contributed by atoms with E-state index in [4.69, 9.17) is 0 Å². The molecule has 0 radical (unpaired) electrons. The van der Waals surface area contributed by atoms with E-state index in [1.165, 1.54) is 12.1 Å². The molecule has 1 aromatic carbocycles. The lowest BCUT2D eigenvalue weighted by Gasteiger charge is -2.26. The van der Waals surface area contributed by atoms with E-state index in [-0.39, 0.29) is 22.5 Å². The average Bonchev–Trinajstić information content (AvgIpc) is 2.56. The Morgan fingerprint density at radius 2 is 1.96 bits per heavy atom. The molecule has 2 amide bonds. The van der Waals surface area contributed by atoms with Gasteiger partial charge in [-0.2, -0.15) is 13.2 Å². The summed E-state index contributed by atoms with van der Waals surface area (Å²) in [5.41, 5.74) is -0.720. The Morgan fingerprint density at radius 3 is 2.62 bits per heavy atom. The highest BCUT2D eigenvalue weighted by molar-refractivity contribution is 8.04. The highest BCUT2D eigenvalue weighted by Crippen LogP contribution is 2.41.